The molecule has 3 rings (SSSR count). The summed E-state index contributed by atoms with van der Waals surface area (Å²) in [7, 11) is -4.29. The molecule has 0 saturated carbocycles. The van der Waals surface area contributed by atoms with Gasteiger partial charge in [-0.2, -0.15) is 13.2 Å². The summed E-state index contributed by atoms with van der Waals surface area (Å²) in [5.41, 5.74) is 1.24. The molecule has 0 saturated heterocycles. The molecule has 1 N–H and O–H groups in total. The Morgan fingerprint density at radius 1 is 0.969 bits per heavy atom. The zero-order valence-corrected chi connectivity index (χ0v) is 19.1. The second-order valence-electron chi connectivity index (χ2n) is 7.01. The van der Waals surface area contributed by atoms with Gasteiger partial charge in [0.05, 0.1) is 4.90 Å². The number of anilines is 1. The Kier molecular flexibility index (Phi) is 6.65. The third kappa shape index (κ3) is 4.79. The monoisotopic (exact) mass is 504 g/mol. The summed E-state index contributed by atoms with van der Waals surface area (Å²) in [6.45, 7) is 3.04. The third-order valence-corrected chi connectivity index (χ3v) is 7.34. The van der Waals surface area contributed by atoms with Crippen LogP contribution in [-0.2, 0) is 21.2 Å². The Hall–Kier alpha value is -2.49. The highest BCUT2D eigenvalue weighted by molar-refractivity contribution is 7.91. The molecule has 3 aromatic rings. The standard InChI is InChI=1S/C21H17Cl2F3N2O3S/c1-12-13(2)28(11-14-3-5-15(22)6-4-14)19(27-20(29)21(24,25)26)18(12)32(30,31)17-9-7-16(23)8-10-17/h3-10H,11H2,1-2H3,(H,27,29). The van der Waals surface area contributed by atoms with Crippen molar-refractivity contribution in [2.75, 3.05) is 5.32 Å². The molecule has 32 heavy (non-hydrogen) atoms. The fraction of sp³-hybridized carbons (Fsp3) is 0.190. The SMILES string of the molecule is Cc1c(S(=O)(=O)c2ccc(Cl)cc2)c(NC(=O)C(F)(F)F)n(Cc2ccc(Cl)cc2)c1C. The molecule has 0 radical (unpaired) electrons. The van der Waals surface area contributed by atoms with E-state index in [0.717, 1.165) is 0 Å². The Morgan fingerprint density at radius 2 is 1.47 bits per heavy atom. The van der Waals surface area contributed by atoms with Gasteiger partial charge < -0.3 is 9.88 Å². The number of benzene rings is 2. The average Bonchev–Trinajstić information content (AvgIpc) is 2.94. The summed E-state index contributed by atoms with van der Waals surface area (Å²) in [6.07, 6.45) is -5.21. The topological polar surface area (TPSA) is 68.2 Å². The minimum absolute atomic E-state index is 0.00739. The van der Waals surface area contributed by atoms with Crippen LogP contribution in [0.4, 0.5) is 19.0 Å². The lowest BCUT2D eigenvalue weighted by Crippen LogP contribution is -2.31. The van der Waals surface area contributed by atoms with Crippen LogP contribution in [0.15, 0.2) is 58.3 Å². The average molecular weight is 505 g/mol. The normalized spacial score (nSPS) is 12.1. The molecular weight excluding hydrogens is 488 g/mol. The van der Waals surface area contributed by atoms with Crippen molar-refractivity contribution >= 4 is 44.8 Å². The van der Waals surface area contributed by atoms with Crippen molar-refractivity contribution in [1.29, 1.82) is 0 Å². The molecule has 0 aliphatic rings. The molecule has 0 aliphatic heterocycles. The molecule has 0 aliphatic carbocycles. The van der Waals surface area contributed by atoms with Crippen LogP contribution >= 0.6 is 23.2 Å². The number of aromatic nitrogens is 1. The van der Waals surface area contributed by atoms with Crippen LogP contribution in [-0.4, -0.2) is 25.1 Å². The molecule has 0 spiro atoms. The molecule has 11 heteroatoms. The van der Waals surface area contributed by atoms with Gasteiger partial charge in [-0.15, -0.1) is 0 Å². The fourth-order valence-corrected chi connectivity index (χ4v) is 5.12. The van der Waals surface area contributed by atoms with Gasteiger partial charge in [-0.3, -0.25) is 4.79 Å². The molecule has 1 aromatic heterocycles. The van der Waals surface area contributed by atoms with Crippen LogP contribution in [0.3, 0.4) is 0 Å². The maximum absolute atomic E-state index is 13.4. The van der Waals surface area contributed by atoms with Gasteiger partial charge in [-0.1, -0.05) is 35.3 Å². The van der Waals surface area contributed by atoms with E-state index < -0.39 is 32.6 Å². The van der Waals surface area contributed by atoms with E-state index >= 15 is 0 Å². The van der Waals surface area contributed by atoms with Crippen LogP contribution in [0.5, 0.6) is 0 Å². The smallest absolute Gasteiger partial charge is 0.326 e. The molecule has 5 nitrogen and oxygen atoms in total. The molecule has 0 fully saturated rings. The van der Waals surface area contributed by atoms with E-state index in [1.807, 2.05) is 0 Å². The number of amides is 1. The lowest BCUT2D eigenvalue weighted by Gasteiger charge is -2.15. The van der Waals surface area contributed by atoms with Crippen molar-refractivity contribution in [1.82, 2.24) is 4.57 Å². The van der Waals surface area contributed by atoms with E-state index in [-0.39, 0.29) is 17.0 Å². The summed E-state index contributed by atoms with van der Waals surface area (Å²) in [5.74, 6) is -2.74. The quantitative estimate of drug-likeness (QED) is 0.477. The van der Waals surface area contributed by atoms with Crippen LogP contribution in [0, 0.1) is 13.8 Å². The maximum atomic E-state index is 13.4. The fourth-order valence-electron chi connectivity index (χ4n) is 3.17. The summed E-state index contributed by atoms with van der Waals surface area (Å²) in [6, 6.07) is 11.7. The minimum Gasteiger partial charge on any atom is -0.326 e. The van der Waals surface area contributed by atoms with Crippen molar-refractivity contribution in [3.05, 3.63) is 75.4 Å². The van der Waals surface area contributed by atoms with E-state index in [9.17, 15) is 26.4 Å². The largest absolute Gasteiger partial charge is 0.471 e. The molecule has 2 aromatic carbocycles. The van der Waals surface area contributed by atoms with Crippen LogP contribution in [0.1, 0.15) is 16.8 Å². The molecule has 0 bridgehead atoms. The highest BCUT2D eigenvalue weighted by atomic mass is 35.5. The van der Waals surface area contributed by atoms with Gasteiger partial charge in [-0.05, 0) is 61.4 Å². The van der Waals surface area contributed by atoms with Crippen molar-refractivity contribution in [3.63, 3.8) is 0 Å². The van der Waals surface area contributed by atoms with Crippen molar-refractivity contribution in [2.45, 2.75) is 36.4 Å². The van der Waals surface area contributed by atoms with Gasteiger partial charge in [0.25, 0.3) is 0 Å². The van der Waals surface area contributed by atoms with Crippen molar-refractivity contribution < 1.29 is 26.4 Å². The summed E-state index contributed by atoms with van der Waals surface area (Å²) < 4.78 is 67.2. The zero-order chi connectivity index (χ0) is 23.8. The third-order valence-electron chi connectivity index (χ3n) is 4.91. The van der Waals surface area contributed by atoms with Crippen molar-refractivity contribution in [2.24, 2.45) is 0 Å². The lowest BCUT2D eigenvalue weighted by atomic mass is 10.2. The summed E-state index contributed by atoms with van der Waals surface area (Å²) >= 11 is 11.7. The number of sulfone groups is 1. The Morgan fingerprint density at radius 3 is 1.97 bits per heavy atom. The lowest BCUT2D eigenvalue weighted by molar-refractivity contribution is -0.167. The first-order chi connectivity index (χ1) is 14.8. The van der Waals surface area contributed by atoms with Gasteiger partial charge in [-0.25, -0.2) is 8.42 Å². The Bertz CT molecular complexity index is 1270. The number of halogens is 5. The van der Waals surface area contributed by atoms with Crippen LogP contribution in [0.2, 0.25) is 10.0 Å². The van der Waals surface area contributed by atoms with Gasteiger partial charge in [0.1, 0.15) is 10.7 Å². The Balaban J connectivity index is 2.22. The molecule has 1 amide bonds. The molecule has 170 valence electrons. The number of carbonyl (C=O) groups is 1. The predicted molar refractivity (Wildman–Crippen MR) is 116 cm³/mol. The van der Waals surface area contributed by atoms with Crippen LogP contribution < -0.4 is 5.32 Å². The highest BCUT2D eigenvalue weighted by Crippen LogP contribution is 2.37. The number of nitrogens with one attached hydrogen (secondary N) is 1. The van der Waals surface area contributed by atoms with Crippen LogP contribution in [0.25, 0.3) is 0 Å². The van der Waals surface area contributed by atoms with Gasteiger partial charge >= 0.3 is 12.1 Å². The van der Waals surface area contributed by atoms with Gasteiger partial charge in [0, 0.05) is 22.3 Å². The van der Waals surface area contributed by atoms with E-state index in [4.69, 9.17) is 23.2 Å². The molecule has 0 unspecified atom stereocenters. The summed E-state index contributed by atoms with van der Waals surface area (Å²) in [5, 5.41) is 2.53. The van der Waals surface area contributed by atoms with E-state index in [0.29, 0.717) is 21.3 Å². The molecule has 1 heterocycles. The zero-order valence-electron chi connectivity index (χ0n) is 16.8. The first kappa shape index (κ1) is 24.2. The molecular formula is C21H17Cl2F3N2O3S. The Labute approximate surface area is 192 Å². The van der Waals surface area contributed by atoms with Crippen molar-refractivity contribution in [3.8, 4) is 0 Å². The van der Waals surface area contributed by atoms with Gasteiger partial charge in [0.15, 0.2) is 0 Å². The number of carbonyl (C=O) groups excluding carboxylic acids is 1. The highest BCUT2D eigenvalue weighted by Gasteiger charge is 2.41. The second kappa shape index (κ2) is 8.80. The number of hydrogen-bond donors (Lipinski definition) is 1. The second-order valence-corrected chi connectivity index (χ2v) is 9.77. The van der Waals surface area contributed by atoms with E-state index in [2.05, 4.69) is 0 Å². The number of hydrogen-bond acceptors (Lipinski definition) is 3. The predicted octanol–water partition coefficient (Wildman–Crippen LogP) is 5.79. The number of alkyl halides is 3. The van der Waals surface area contributed by atoms with Gasteiger partial charge in [0.2, 0.25) is 9.84 Å². The van der Waals surface area contributed by atoms with E-state index in [1.165, 1.54) is 35.8 Å². The maximum Gasteiger partial charge on any atom is 0.471 e. The van der Waals surface area contributed by atoms with E-state index in [1.54, 1.807) is 36.5 Å². The first-order valence-electron chi connectivity index (χ1n) is 9.15. The number of nitrogens with zero attached hydrogens (tertiary/aromatic N) is 1. The first-order valence-corrected chi connectivity index (χ1v) is 11.4. The number of rotatable bonds is 5. The minimum atomic E-state index is -5.21. The summed E-state index contributed by atoms with van der Waals surface area (Å²) in [4.78, 5) is 11.2. The molecule has 0 atom stereocenters.